The predicted molar refractivity (Wildman–Crippen MR) is 70.9 cm³/mol. The Morgan fingerprint density at radius 1 is 1.20 bits per heavy atom. The van der Waals surface area contributed by atoms with Crippen LogP contribution in [-0.4, -0.2) is 19.8 Å². The molecule has 1 aliphatic rings. The van der Waals surface area contributed by atoms with E-state index in [0.717, 1.165) is 31.4 Å². The monoisotopic (exact) mass is 287 g/mol. The smallest absolute Gasteiger partial charge is 0.133 e. The molecule has 1 fully saturated rings. The zero-order valence-corrected chi connectivity index (χ0v) is 11.6. The second kappa shape index (κ2) is 7.09. The van der Waals surface area contributed by atoms with Crippen LogP contribution < -0.4 is 5.32 Å². The fourth-order valence-electron chi connectivity index (χ4n) is 2.70. The molecule has 1 unspecified atom stereocenters. The summed E-state index contributed by atoms with van der Waals surface area (Å²) in [5.41, 5.74) is -0.0493. The summed E-state index contributed by atoms with van der Waals surface area (Å²) in [5.74, 6) is -2.42. The lowest BCUT2D eigenvalue weighted by molar-refractivity contribution is 0.0526. The first-order valence-corrected chi connectivity index (χ1v) is 7.09. The zero-order valence-electron chi connectivity index (χ0n) is 11.6. The number of rotatable bonds is 5. The van der Waals surface area contributed by atoms with Gasteiger partial charge in [0.05, 0.1) is 0 Å². The molecule has 1 aromatic rings. The van der Waals surface area contributed by atoms with E-state index in [4.69, 9.17) is 4.74 Å². The molecule has 2 rings (SSSR count). The third-order valence-corrected chi connectivity index (χ3v) is 3.71. The normalized spacial score (nSPS) is 18.2. The van der Waals surface area contributed by atoms with E-state index in [1.54, 1.807) is 0 Å². The van der Waals surface area contributed by atoms with Crippen molar-refractivity contribution in [3.63, 3.8) is 0 Å². The molecule has 112 valence electrons. The third-order valence-electron chi connectivity index (χ3n) is 3.71. The number of hydrogen-bond donors (Lipinski definition) is 1. The Bertz CT molecular complexity index is 424. The quantitative estimate of drug-likeness (QED) is 0.894. The molecule has 0 aliphatic carbocycles. The van der Waals surface area contributed by atoms with Gasteiger partial charge in [-0.15, -0.1) is 0 Å². The van der Waals surface area contributed by atoms with Crippen LogP contribution in [0.1, 0.15) is 37.8 Å². The molecule has 20 heavy (non-hydrogen) atoms. The van der Waals surface area contributed by atoms with Gasteiger partial charge in [0, 0.05) is 37.0 Å². The van der Waals surface area contributed by atoms with Gasteiger partial charge in [-0.05, 0) is 31.7 Å². The van der Waals surface area contributed by atoms with Crippen LogP contribution in [0.3, 0.4) is 0 Å². The Morgan fingerprint density at radius 2 is 1.80 bits per heavy atom. The van der Waals surface area contributed by atoms with E-state index >= 15 is 0 Å². The molecule has 2 nitrogen and oxygen atoms in total. The molecule has 1 atom stereocenters. The predicted octanol–water partition coefficient (Wildman–Crippen LogP) is 3.57. The fraction of sp³-hybridized carbons (Fsp3) is 0.600. The minimum Gasteiger partial charge on any atom is -0.381 e. The Balaban J connectivity index is 2.29. The summed E-state index contributed by atoms with van der Waals surface area (Å²) in [4.78, 5) is 0. The van der Waals surface area contributed by atoms with Crippen molar-refractivity contribution in [3.05, 3.63) is 35.1 Å². The van der Waals surface area contributed by atoms with Gasteiger partial charge in [0.1, 0.15) is 17.5 Å². The van der Waals surface area contributed by atoms with Crippen LogP contribution in [-0.2, 0) is 4.74 Å². The van der Waals surface area contributed by atoms with Crippen molar-refractivity contribution in [1.29, 1.82) is 0 Å². The Morgan fingerprint density at radius 3 is 2.35 bits per heavy atom. The molecule has 5 heteroatoms. The first-order chi connectivity index (χ1) is 9.63. The summed E-state index contributed by atoms with van der Waals surface area (Å²) in [6, 6.07) is 1.07. The highest BCUT2D eigenvalue weighted by Crippen LogP contribution is 2.33. The highest BCUT2D eigenvalue weighted by molar-refractivity contribution is 5.25. The number of halogens is 3. The number of nitrogens with one attached hydrogen (secondary N) is 1. The van der Waals surface area contributed by atoms with Crippen molar-refractivity contribution >= 4 is 0 Å². The zero-order chi connectivity index (χ0) is 14.5. The number of hydrogen-bond acceptors (Lipinski definition) is 2. The second-order valence-electron chi connectivity index (χ2n) is 5.16. The Labute approximate surface area is 117 Å². The lowest BCUT2D eigenvalue weighted by Gasteiger charge is -2.31. The largest absolute Gasteiger partial charge is 0.381 e. The molecule has 1 aromatic carbocycles. The van der Waals surface area contributed by atoms with Gasteiger partial charge in [-0.3, -0.25) is 0 Å². The van der Waals surface area contributed by atoms with Crippen molar-refractivity contribution < 1.29 is 17.9 Å². The molecule has 1 heterocycles. The van der Waals surface area contributed by atoms with Gasteiger partial charge in [0.25, 0.3) is 0 Å². The number of benzene rings is 1. The van der Waals surface area contributed by atoms with Gasteiger partial charge >= 0.3 is 0 Å². The maximum absolute atomic E-state index is 14.0. The van der Waals surface area contributed by atoms with Crippen LogP contribution >= 0.6 is 0 Å². The van der Waals surface area contributed by atoms with Gasteiger partial charge in [-0.25, -0.2) is 13.2 Å². The first kappa shape index (κ1) is 15.3. The summed E-state index contributed by atoms with van der Waals surface area (Å²) >= 11 is 0. The van der Waals surface area contributed by atoms with E-state index < -0.39 is 23.5 Å². The van der Waals surface area contributed by atoms with E-state index in [2.05, 4.69) is 5.32 Å². The average Bonchev–Trinajstić information content (AvgIpc) is 2.42. The van der Waals surface area contributed by atoms with Crippen LogP contribution in [0.4, 0.5) is 13.2 Å². The van der Waals surface area contributed by atoms with E-state index in [1.165, 1.54) is 0 Å². The molecule has 0 bridgehead atoms. The lowest BCUT2D eigenvalue weighted by Crippen LogP contribution is -2.34. The highest BCUT2D eigenvalue weighted by Gasteiger charge is 2.29. The highest BCUT2D eigenvalue weighted by atomic mass is 19.1. The van der Waals surface area contributed by atoms with Gasteiger partial charge in [-0.2, -0.15) is 0 Å². The molecule has 0 radical (unpaired) electrons. The SMILES string of the molecule is CCCNC(c1c(F)cc(F)cc1F)C1CCOCC1. The van der Waals surface area contributed by atoms with Crippen LogP contribution in [0.15, 0.2) is 12.1 Å². The molecule has 1 saturated heterocycles. The number of ether oxygens (including phenoxy) is 1. The summed E-state index contributed by atoms with van der Waals surface area (Å²) in [5, 5.41) is 3.20. The Kier molecular flexibility index (Phi) is 5.43. The van der Waals surface area contributed by atoms with Crippen LogP contribution in [0, 0.1) is 23.4 Å². The van der Waals surface area contributed by atoms with Crippen molar-refractivity contribution in [2.24, 2.45) is 5.92 Å². The van der Waals surface area contributed by atoms with Gasteiger partial charge in [0.2, 0.25) is 0 Å². The maximum Gasteiger partial charge on any atom is 0.133 e. The van der Waals surface area contributed by atoms with Gasteiger partial charge < -0.3 is 10.1 Å². The molecule has 0 amide bonds. The van der Waals surface area contributed by atoms with Crippen molar-refractivity contribution in [2.75, 3.05) is 19.8 Å². The van der Waals surface area contributed by atoms with E-state index in [-0.39, 0.29) is 11.5 Å². The molecule has 1 aliphatic heterocycles. The van der Waals surface area contributed by atoms with Crippen LogP contribution in [0.25, 0.3) is 0 Å². The van der Waals surface area contributed by atoms with E-state index in [1.807, 2.05) is 6.92 Å². The third kappa shape index (κ3) is 3.52. The Hall–Kier alpha value is -1.07. The molecule has 0 aromatic heterocycles. The van der Waals surface area contributed by atoms with E-state index in [0.29, 0.717) is 19.8 Å². The van der Waals surface area contributed by atoms with Crippen LogP contribution in [0.2, 0.25) is 0 Å². The minimum absolute atomic E-state index is 0.0493. The summed E-state index contributed by atoms with van der Waals surface area (Å²) in [7, 11) is 0. The maximum atomic E-state index is 14.0. The van der Waals surface area contributed by atoms with Crippen molar-refractivity contribution in [2.45, 2.75) is 32.2 Å². The van der Waals surface area contributed by atoms with Crippen molar-refractivity contribution in [1.82, 2.24) is 5.32 Å². The van der Waals surface area contributed by atoms with Crippen molar-refractivity contribution in [3.8, 4) is 0 Å². The lowest BCUT2D eigenvalue weighted by atomic mass is 9.86. The average molecular weight is 287 g/mol. The fourth-order valence-corrected chi connectivity index (χ4v) is 2.70. The minimum atomic E-state index is -0.884. The molecule has 0 spiro atoms. The topological polar surface area (TPSA) is 21.3 Å². The molecular weight excluding hydrogens is 267 g/mol. The van der Waals surface area contributed by atoms with E-state index in [9.17, 15) is 13.2 Å². The molecule has 1 N–H and O–H groups in total. The molecular formula is C15H20F3NO. The summed E-state index contributed by atoms with van der Waals surface area (Å²) < 4.78 is 46.3. The van der Waals surface area contributed by atoms with Crippen LogP contribution in [0.5, 0.6) is 0 Å². The second-order valence-corrected chi connectivity index (χ2v) is 5.16. The van der Waals surface area contributed by atoms with Gasteiger partial charge in [0.15, 0.2) is 0 Å². The summed E-state index contributed by atoms with van der Waals surface area (Å²) in [6.07, 6.45) is 2.36. The molecule has 0 saturated carbocycles. The first-order valence-electron chi connectivity index (χ1n) is 7.09. The van der Waals surface area contributed by atoms with Gasteiger partial charge in [-0.1, -0.05) is 6.92 Å². The standard InChI is InChI=1S/C15H20F3NO/c1-2-5-19-15(10-3-6-20-7-4-10)14-12(17)8-11(16)9-13(14)18/h8-10,15,19H,2-7H2,1H3. The summed E-state index contributed by atoms with van der Waals surface area (Å²) in [6.45, 7) is 3.85.